The Kier molecular flexibility index (Phi) is 4.79. The van der Waals surface area contributed by atoms with Crippen LogP contribution in [0.2, 0.25) is 0 Å². The Morgan fingerprint density at radius 3 is 2.50 bits per heavy atom. The zero-order chi connectivity index (χ0) is 18.8. The molecular weight excluding hydrogens is 332 g/mol. The van der Waals surface area contributed by atoms with E-state index in [4.69, 9.17) is 4.74 Å². The molecule has 3 rings (SSSR count). The molecule has 1 aromatic carbocycles. The number of fused-ring (bicyclic) bond motifs is 1. The number of benzene rings is 1. The molecule has 0 bridgehead atoms. The van der Waals surface area contributed by atoms with Gasteiger partial charge < -0.3 is 9.30 Å². The Hall–Kier alpha value is -3.09. The summed E-state index contributed by atoms with van der Waals surface area (Å²) < 4.78 is 9.64. The second-order valence-corrected chi connectivity index (χ2v) is 6.48. The number of ether oxygens (including phenoxy) is 1. The molecule has 7 nitrogen and oxygen atoms in total. The molecule has 0 aliphatic heterocycles. The maximum Gasteiger partial charge on any atom is 0.337 e. The lowest BCUT2D eigenvalue weighted by Crippen LogP contribution is -2.41. The molecule has 0 radical (unpaired) electrons. The maximum absolute atomic E-state index is 13.1. The summed E-state index contributed by atoms with van der Waals surface area (Å²) in [6, 6.07) is 7.09. The van der Waals surface area contributed by atoms with Crippen molar-refractivity contribution in [3.63, 3.8) is 0 Å². The minimum atomic E-state index is -0.398. The standard InChI is InChI=1S/C19H22N4O3/c1-5-10-21-12-20-17-16(21)18(24)22(11-13(2)3)19(25)23(17)14-6-8-15(26-4)9-7-14/h5-9,12-13H,1,10-11H2,2-4H3. The van der Waals surface area contributed by atoms with Crippen LogP contribution < -0.4 is 16.0 Å². The van der Waals surface area contributed by atoms with Gasteiger partial charge in [0.25, 0.3) is 5.56 Å². The molecule has 2 heterocycles. The van der Waals surface area contributed by atoms with E-state index in [1.807, 2.05) is 13.8 Å². The van der Waals surface area contributed by atoms with Gasteiger partial charge in [0.05, 0.1) is 19.1 Å². The third kappa shape index (κ3) is 2.96. The number of nitrogens with zero attached hydrogens (tertiary/aromatic N) is 4. The monoisotopic (exact) mass is 354 g/mol. The van der Waals surface area contributed by atoms with E-state index in [0.29, 0.717) is 35.7 Å². The van der Waals surface area contributed by atoms with Crippen LogP contribution in [0.25, 0.3) is 16.9 Å². The van der Waals surface area contributed by atoms with Crippen LogP contribution in [0.5, 0.6) is 5.75 Å². The third-order valence-electron chi connectivity index (χ3n) is 4.10. The van der Waals surface area contributed by atoms with Gasteiger partial charge in [-0.1, -0.05) is 19.9 Å². The summed E-state index contributed by atoms with van der Waals surface area (Å²) in [7, 11) is 1.58. The van der Waals surface area contributed by atoms with Crippen molar-refractivity contribution in [2.24, 2.45) is 5.92 Å². The van der Waals surface area contributed by atoms with Crippen molar-refractivity contribution >= 4 is 11.2 Å². The van der Waals surface area contributed by atoms with E-state index in [9.17, 15) is 9.59 Å². The van der Waals surface area contributed by atoms with Gasteiger partial charge in [-0.25, -0.2) is 14.3 Å². The van der Waals surface area contributed by atoms with Crippen LogP contribution in [0.1, 0.15) is 13.8 Å². The summed E-state index contributed by atoms with van der Waals surface area (Å²) >= 11 is 0. The van der Waals surface area contributed by atoms with Crippen LogP contribution in [-0.4, -0.2) is 25.8 Å². The molecule has 0 amide bonds. The quantitative estimate of drug-likeness (QED) is 0.636. The van der Waals surface area contributed by atoms with Gasteiger partial charge in [-0.05, 0) is 30.2 Å². The minimum absolute atomic E-state index is 0.151. The zero-order valence-corrected chi connectivity index (χ0v) is 15.2. The van der Waals surface area contributed by atoms with Crippen LogP contribution in [-0.2, 0) is 13.1 Å². The lowest BCUT2D eigenvalue weighted by atomic mass is 10.2. The molecule has 3 aromatic rings. The average molecular weight is 354 g/mol. The van der Waals surface area contributed by atoms with Gasteiger partial charge in [0.2, 0.25) is 0 Å². The topological polar surface area (TPSA) is 71.0 Å². The average Bonchev–Trinajstić information content (AvgIpc) is 3.03. The highest BCUT2D eigenvalue weighted by Gasteiger charge is 2.19. The lowest BCUT2D eigenvalue weighted by Gasteiger charge is -2.14. The second kappa shape index (κ2) is 7.03. The van der Waals surface area contributed by atoms with Gasteiger partial charge in [0.1, 0.15) is 5.75 Å². The molecule has 7 heteroatoms. The van der Waals surface area contributed by atoms with Gasteiger partial charge >= 0.3 is 5.69 Å². The van der Waals surface area contributed by atoms with Crippen LogP contribution in [0.3, 0.4) is 0 Å². The Bertz CT molecular complexity index is 1060. The fourth-order valence-corrected chi connectivity index (χ4v) is 2.95. The summed E-state index contributed by atoms with van der Waals surface area (Å²) in [5.74, 6) is 0.837. The van der Waals surface area contributed by atoms with Crippen molar-refractivity contribution in [2.75, 3.05) is 7.11 Å². The molecule has 0 aliphatic rings. The first kappa shape index (κ1) is 17.7. The van der Waals surface area contributed by atoms with Crippen LogP contribution >= 0.6 is 0 Å². The molecule has 0 saturated carbocycles. The van der Waals surface area contributed by atoms with E-state index in [2.05, 4.69) is 11.6 Å². The molecule has 0 fully saturated rings. The van der Waals surface area contributed by atoms with Crippen molar-refractivity contribution in [3.05, 3.63) is 64.1 Å². The molecule has 0 atom stereocenters. The summed E-state index contributed by atoms with van der Waals surface area (Å²) in [4.78, 5) is 30.4. The second-order valence-electron chi connectivity index (χ2n) is 6.48. The van der Waals surface area contributed by atoms with Gasteiger partial charge in [-0.3, -0.25) is 9.36 Å². The smallest absolute Gasteiger partial charge is 0.337 e. The molecule has 0 spiro atoms. The van der Waals surface area contributed by atoms with E-state index < -0.39 is 5.69 Å². The molecule has 26 heavy (non-hydrogen) atoms. The van der Waals surface area contributed by atoms with Crippen molar-refractivity contribution in [2.45, 2.75) is 26.9 Å². The highest BCUT2D eigenvalue weighted by molar-refractivity contribution is 5.72. The van der Waals surface area contributed by atoms with E-state index in [1.54, 1.807) is 48.3 Å². The number of imidazole rings is 1. The number of rotatable bonds is 6. The number of allylic oxidation sites excluding steroid dienone is 1. The molecule has 0 aliphatic carbocycles. The maximum atomic E-state index is 13.1. The fraction of sp³-hybridized carbons (Fsp3) is 0.316. The Labute approximate surface area is 150 Å². The molecule has 0 unspecified atom stereocenters. The first-order valence-corrected chi connectivity index (χ1v) is 8.44. The number of hydrogen-bond donors (Lipinski definition) is 0. The van der Waals surface area contributed by atoms with Crippen LogP contribution in [0.4, 0.5) is 0 Å². The first-order chi connectivity index (χ1) is 12.5. The van der Waals surface area contributed by atoms with E-state index >= 15 is 0 Å². The summed E-state index contributed by atoms with van der Waals surface area (Å²) in [5, 5.41) is 0. The Morgan fingerprint density at radius 1 is 1.23 bits per heavy atom. The fourth-order valence-electron chi connectivity index (χ4n) is 2.95. The number of aromatic nitrogens is 4. The summed E-state index contributed by atoms with van der Waals surface area (Å²) in [5.41, 5.74) is 0.628. The third-order valence-corrected chi connectivity index (χ3v) is 4.10. The number of methoxy groups -OCH3 is 1. The Morgan fingerprint density at radius 2 is 1.92 bits per heavy atom. The van der Waals surface area contributed by atoms with Gasteiger partial charge in [0, 0.05) is 13.1 Å². The van der Waals surface area contributed by atoms with E-state index in [-0.39, 0.29) is 11.5 Å². The lowest BCUT2D eigenvalue weighted by molar-refractivity contribution is 0.414. The van der Waals surface area contributed by atoms with Gasteiger partial charge in [0.15, 0.2) is 11.2 Å². The normalized spacial score (nSPS) is 11.2. The van der Waals surface area contributed by atoms with Crippen molar-refractivity contribution in [1.82, 2.24) is 18.7 Å². The highest BCUT2D eigenvalue weighted by Crippen LogP contribution is 2.17. The molecular formula is C19H22N4O3. The molecule has 0 saturated heterocycles. The SMILES string of the molecule is C=CCn1cnc2c1c(=O)n(CC(C)C)c(=O)n2-c1ccc(OC)cc1. The predicted octanol–water partition coefficient (Wildman–Crippen LogP) is 2.20. The minimum Gasteiger partial charge on any atom is -0.497 e. The van der Waals surface area contributed by atoms with Crippen molar-refractivity contribution in [1.29, 1.82) is 0 Å². The summed E-state index contributed by atoms with van der Waals surface area (Å²) in [6.45, 7) is 8.43. The van der Waals surface area contributed by atoms with Crippen LogP contribution in [0, 0.1) is 5.92 Å². The largest absolute Gasteiger partial charge is 0.497 e. The van der Waals surface area contributed by atoms with Crippen molar-refractivity contribution in [3.8, 4) is 11.4 Å². The van der Waals surface area contributed by atoms with E-state index in [0.717, 1.165) is 0 Å². The van der Waals surface area contributed by atoms with Crippen LogP contribution in [0.15, 0.2) is 52.8 Å². The zero-order valence-electron chi connectivity index (χ0n) is 15.2. The molecule has 136 valence electrons. The predicted molar refractivity (Wildman–Crippen MR) is 101 cm³/mol. The first-order valence-electron chi connectivity index (χ1n) is 8.44. The van der Waals surface area contributed by atoms with Gasteiger partial charge in [-0.2, -0.15) is 0 Å². The van der Waals surface area contributed by atoms with Crippen molar-refractivity contribution < 1.29 is 4.74 Å². The number of hydrogen-bond acceptors (Lipinski definition) is 4. The van der Waals surface area contributed by atoms with E-state index in [1.165, 1.54) is 9.13 Å². The summed E-state index contributed by atoms with van der Waals surface area (Å²) in [6.07, 6.45) is 3.25. The molecule has 0 N–H and O–H groups in total. The van der Waals surface area contributed by atoms with Gasteiger partial charge in [-0.15, -0.1) is 6.58 Å². The Balaban J connectivity index is 2.38. The molecule has 2 aromatic heterocycles. The highest BCUT2D eigenvalue weighted by atomic mass is 16.5.